The van der Waals surface area contributed by atoms with E-state index in [4.69, 9.17) is 11.1 Å². The average molecular weight is 276 g/mol. The molecule has 1 rings (SSSR count). The van der Waals surface area contributed by atoms with E-state index in [0.717, 1.165) is 6.21 Å². The highest BCUT2D eigenvalue weighted by Crippen LogP contribution is 2.35. The number of nitrogen functional groups attached to an aromatic ring is 1. The van der Waals surface area contributed by atoms with E-state index in [9.17, 15) is 10.1 Å². The molecule has 0 heterocycles. The van der Waals surface area contributed by atoms with Crippen molar-refractivity contribution >= 4 is 46.1 Å². The molecule has 5 nitrogen and oxygen atoms in total. The maximum atomic E-state index is 10.6. The first-order valence-electron chi connectivity index (χ1n) is 3.44. The summed E-state index contributed by atoms with van der Waals surface area (Å²) in [7, 11) is 0. The largest absolute Gasteiger partial charge is 0.397 e. The third-order valence-electron chi connectivity index (χ3n) is 1.65. The molecule has 0 saturated heterocycles. The second-order valence-electron chi connectivity index (χ2n) is 2.45. The summed E-state index contributed by atoms with van der Waals surface area (Å²) in [6, 6.07) is 1.27. The third-order valence-corrected chi connectivity index (χ3v) is 2.78. The maximum Gasteiger partial charge on any atom is 0.284 e. The zero-order valence-electron chi connectivity index (χ0n) is 6.82. The third kappa shape index (κ3) is 1.73. The van der Waals surface area contributed by atoms with Crippen LogP contribution in [0.2, 0.25) is 0 Å². The van der Waals surface area contributed by atoms with Gasteiger partial charge in [-0.2, -0.15) is 0 Å². The first-order valence-corrected chi connectivity index (χ1v) is 4.68. The number of thiol groups is 1. The van der Waals surface area contributed by atoms with E-state index in [-0.39, 0.29) is 21.8 Å². The van der Waals surface area contributed by atoms with Gasteiger partial charge in [-0.15, -0.1) is 12.6 Å². The fourth-order valence-electron chi connectivity index (χ4n) is 0.946. The Morgan fingerprint density at radius 3 is 2.71 bits per heavy atom. The number of halogens is 1. The average Bonchev–Trinajstić information content (AvgIpc) is 2.12. The number of nitro groups is 1. The molecule has 0 bridgehead atoms. The Bertz CT molecular complexity index is 422. The standard InChI is InChI=1S/C7H6BrN3O2S/c8-4-1-5(11(12)13)7(14)3(2-9)6(4)10/h1-2,9,14H,10H2. The number of nitrogens with one attached hydrogen (secondary N) is 1. The van der Waals surface area contributed by atoms with Crippen molar-refractivity contribution in [1.29, 1.82) is 5.41 Å². The Kier molecular flexibility index (Phi) is 3.12. The van der Waals surface area contributed by atoms with Crippen molar-refractivity contribution < 1.29 is 4.92 Å². The van der Waals surface area contributed by atoms with Crippen molar-refractivity contribution in [1.82, 2.24) is 0 Å². The first-order chi connectivity index (χ1) is 6.49. The van der Waals surface area contributed by atoms with Gasteiger partial charge in [0.2, 0.25) is 0 Å². The van der Waals surface area contributed by atoms with Crippen LogP contribution in [0.15, 0.2) is 15.4 Å². The van der Waals surface area contributed by atoms with E-state index in [1.807, 2.05) is 0 Å². The molecule has 0 atom stereocenters. The predicted molar refractivity (Wildman–Crippen MR) is 60.3 cm³/mol. The van der Waals surface area contributed by atoms with E-state index in [0.29, 0.717) is 4.47 Å². The normalized spacial score (nSPS) is 9.86. The van der Waals surface area contributed by atoms with Gasteiger partial charge in [-0.1, -0.05) is 0 Å². The van der Waals surface area contributed by atoms with Crippen LogP contribution in [0.5, 0.6) is 0 Å². The second-order valence-corrected chi connectivity index (χ2v) is 3.76. The first kappa shape index (κ1) is 11.0. The highest BCUT2D eigenvalue weighted by Gasteiger charge is 2.18. The van der Waals surface area contributed by atoms with Crippen molar-refractivity contribution in [3.8, 4) is 0 Å². The van der Waals surface area contributed by atoms with Gasteiger partial charge in [0.05, 0.1) is 15.5 Å². The van der Waals surface area contributed by atoms with Gasteiger partial charge in [0.25, 0.3) is 5.69 Å². The van der Waals surface area contributed by atoms with Crippen LogP contribution in [0.1, 0.15) is 5.56 Å². The molecule has 14 heavy (non-hydrogen) atoms. The zero-order chi connectivity index (χ0) is 10.9. The van der Waals surface area contributed by atoms with E-state index in [2.05, 4.69) is 28.6 Å². The van der Waals surface area contributed by atoms with E-state index in [1.165, 1.54) is 6.07 Å². The highest BCUT2D eigenvalue weighted by atomic mass is 79.9. The Hall–Kier alpha value is -1.08. The molecule has 1 aromatic rings. The minimum absolute atomic E-state index is 0.103. The number of nitrogens with zero attached hydrogens (tertiary/aromatic N) is 1. The zero-order valence-corrected chi connectivity index (χ0v) is 9.30. The van der Waals surface area contributed by atoms with Crippen LogP contribution in [0.25, 0.3) is 0 Å². The van der Waals surface area contributed by atoms with E-state index >= 15 is 0 Å². The molecule has 0 aromatic heterocycles. The summed E-state index contributed by atoms with van der Waals surface area (Å²) in [6.45, 7) is 0. The summed E-state index contributed by atoms with van der Waals surface area (Å²) in [6.07, 6.45) is 0.940. The van der Waals surface area contributed by atoms with Crippen LogP contribution >= 0.6 is 28.6 Å². The predicted octanol–water partition coefficient (Wildman–Crippen LogP) is 2.23. The lowest BCUT2D eigenvalue weighted by atomic mass is 10.1. The summed E-state index contributed by atoms with van der Waals surface area (Å²) in [5.41, 5.74) is 5.94. The summed E-state index contributed by atoms with van der Waals surface area (Å²) in [5, 5.41) is 17.6. The van der Waals surface area contributed by atoms with Gasteiger partial charge in [0.15, 0.2) is 0 Å². The summed E-state index contributed by atoms with van der Waals surface area (Å²) in [4.78, 5) is 10.1. The lowest BCUT2D eigenvalue weighted by Crippen LogP contribution is -2.00. The lowest BCUT2D eigenvalue weighted by Gasteiger charge is -2.06. The SMILES string of the molecule is N=Cc1c(N)c(Br)cc([N+](=O)[O-])c1S. The number of rotatable bonds is 2. The molecule has 0 amide bonds. The minimum Gasteiger partial charge on any atom is -0.397 e. The molecule has 74 valence electrons. The van der Waals surface area contributed by atoms with Crippen LogP contribution < -0.4 is 5.73 Å². The van der Waals surface area contributed by atoms with Gasteiger partial charge >= 0.3 is 0 Å². The Balaban J connectivity index is 3.58. The monoisotopic (exact) mass is 275 g/mol. The number of hydrogen-bond donors (Lipinski definition) is 3. The van der Waals surface area contributed by atoms with Crippen LogP contribution in [0.3, 0.4) is 0 Å². The van der Waals surface area contributed by atoms with Gasteiger partial charge < -0.3 is 11.1 Å². The minimum atomic E-state index is -0.570. The Morgan fingerprint density at radius 1 is 1.71 bits per heavy atom. The van der Waals surface area contributed by atoms with Crippen LogP contribution in [-0.4, -0.2) is 11.1 Å². The van der Waals surface area contributed by atoms with Gasteiger partial charge in [-0.05, 0) is 15.9 Å². The molecule has 0 aliphatic rings. The van der Waals surface area contributed by atoms with E-state index in [1.54, 1.807) is 0 Å². The molecule has 0 unspecified atom stereocenters. The van der Waals surface area contributed by atoms with Gasteiger partial charge in [0.1, 0.15) is 0 Å². The molecule has 0 aliphatic carbocycles. The summed E-state index contributed by atoms with van der Waals surface area (Å²) >= 11 is 7.03. The van der Waals surface area contributed by atoms with Crippen molar-refractivity contribution in [2.75, 3.05) is 5.73 Å². The van der Waals surface area contributed by atoms with Crippen LogP contribution in [-0.2, 0) is 0 Å². The molecule has 3 N–H and O–H groups in total. The smallest absolute Gasteiger partial charge is 0.284 e. The van der Waals surface area contributed by atoms with Crippen LogP contribution in [0.4, 0.5) is 11.4 Å². The van der Waals surface area contributed by atoms with Crippen molar-refractivity contribution in [2.24, 2.45) is 0 Å². The topological polar surface area (TPSA) is 93.0 Å². The van der Waals surface area contributed by atoms with Gasteiger partial charge in [0, 0.05) is 22.3 Å². The Morgan fingerprint density at radius 2 is 2.29 bits per heavy atom. The number of nitro benzene ring substituents is 1. The fourth-order valence-corrected chi connectivity index (χ4v) is 1.71. The molecule has 0 spiro atoms. The number of nitrogens with two attached hydrogens (primary N) is 1. The lowest BCUT2D eigenvalue weighted by molar-refractivity contribution is -0.387. The van der Waals surface area contributed by atoms with Gasteiger partial charge in [-0.25, -0.2) is 0 Å². The van der Waals surface area contributed by atoms with E-state index < -0.39 is 4.92 Å². The van der Waals surface area contributed by atoms with Gasteiger partial charge in [-0.3, -0.25) is 10.1 Å². The molecule has 0 aliphatic heterocycles. The molecule has 0 fully saturated rings. The van der Waals surface area contributed by atoms with Crippen LogP contribution in [0, 0.1) is 15.5 Å². The Labute approximate surface area is 93.5 Å². The number of hydrogen-bond acceptors (Lipinski definition) is 5. The second kappa shape index (κ2) is 3.97. The molecular formula is C7H6BrN3O2S. The highest BCUT2D eigenvalue weighted by molar-refractivity contribution is 9.10. The molecule has 0 radical (unpaired) electrons. The van der Waals surface area contributed by atoms with Crippen molar-refractivity contribution in [3.05, 3.63) is 26.2 Å². The molecule has 7 heteroatoms. The quantitative estimate of drug-likeness (QED) is 0.254. The number of anilines is 1. The molecule has 1 aromatic carbocycles. The summed E-state index contributed by atoms with van der Waals surface area (Å²) < 4.78 is 0.389. The number of benzene rings is 1. The fraction of sp³-hybridized carbons (Fsp3) is 0. The maximum absolute atomic E-state index is 10.6. The van der Waals surface area contributed by atoms with Crippen molar-refractivity contribution in [3.63, 3.8) is 0 Å². The van der Waals surface area contributed by atoms with Crippen molar-refractivity contribution in [2.45, 2.75) is 4.90 Å². The molecule has 0 saturated carbocycles. The molecular weight excluding hydrogens is 270 g/mol. The summed E-state index contributed by atoms with van der Waals surface area (Å²) in [5.74, 6) is 0.